The van der Waals surface area contributed by atoms with E-state index in [0.717, 1.165) is 28.9 Å². The highest BCUT2D eigenvalue weighted by Crippen LogP contribution is 2.54. The molecular formula is C38H23N3S2. The molecule has 0 saturated carbocycles. The predicted octanol–water partition coefficient (Wildman–Crippen LogP) is 10.8. The summed E-state index contributed by atoms with van der Waals surface area (Å²) in [4.78, 5) is 3.73. The number of benzene rings is 5. The number of hydrogen-bond acceptors (Lipinski definition) is 5. The van der Waals surface area contributed by atoms with Crippen molar-refractivity contribution in [3.05, 3.63) is 138 Å². The first-order chi connectivity index (χ1) is 21.2. The number of thiophene rings is 1. The quantitative estimate of drug-likeness (QED) is 0.206. The van der Waals surface area contributed by atoms with Crippen LogP contribution in [0.3, 0.4) is 0 Å². The molecule has 1 aliphatic heterocycles. The van der Waals surface area contributed by atoms with E-state index in [4.69, 9.17) is 0 Å². The molecule has 2 heterocycles. The number of nitrogens with zero attached hydrogens (tertiary/aromatic N) is 3. The molecular weight excluding hydrogens is 563 g/mol. The summed E-state index contributed by atoms with van der Waals surface area (Å²) in [6.45, 7) is 0. The standard InChI is InChI=1S/C38H23N3S2/c39-22-26-16-15-25(21-27(26)23-40)24-17-19-28(20-18-24)41(33-11-5-9-31-29-7-1-3-13-35(29)42-37(31)33)34-12-6-10-32-30-8-2-4-14-36(30)43-38(32)34/h1-13,15-21,36H,14H2. The van der Waals surface area contributed by atoms with Gasteiger partial charge in [-0.05, 0) is 71.1 Å². The Morgan fingerprint density at radius 3 is 2.35 bits per heavy atom. The molecule has 1 aliphatic carbocycles. The third-order valence-corrected chi connectivity index (χ3v) is 10.9. The normalized spacial score (nSPS) is 15.0. The third-order valence-electron chi connectivity index (χ3n) is 8.26. The Kier molecular flexibility index (Phi) is 6.16. The molecule has 1 aromatic heterocycles. The molecule has 0 radical (unpaired) electrons. The minimum absolute atomic E-state index is 0.393. The van der Waals surface area contributed by atoms with Crippen LogP contribution < -0.4 is 4.90 Å². The fourth-order valence-electron chi connectivity index (χ4n) is 6.21. The fraction of sp³-hybridized carbons (Fsp3) is 0.0526. The van der Waals surface area contributed by atoms with Crippen molar-refractivity contribution in [3.63, 3.8) is 0 Å². The van der Waals surface area contributed by atoms with Gasteiger partial charge < -0.3 is 4.90 Å². The molecule has 5 aromatic carbocycles. The van der Waals surface area contributed by atoms with Crippen molar-refractivity contribution in [2.75, 3.05) is 4.90 Å². The van der Waals surface area contributed by atoms with Gasteiger partial charge in [-0.25, -0.2) is 0 Å². The zero-order valence-electron chi connectivity index (χ0n) is 23.0. The van der Waals surface area contributed by atoms with E-state index in [0.29, 0.717) is 16.4 Å². The van der Waals surface area contributed by atoms with Gasteiger partial charge in [-0.3, -0.25) is 0 Å². The van der Waals surface area contributed by atoms with Crippen LogP contribution in [0.2, 0.25) is 0 Å². The average molecular weight is 586 g/mol. The highest BCUT2D eigenvalue weighted by atomic mass is 32.2. The Bertz CT molecular complexity index is 2230. The van der Waals surface area contributed by atoms with Crippen molar-refractivity contribution in [2.24, 2.45) is 0 Å². The Labute approximate surface area is 258 Å². The van der Waals surface area contributed by atoms with Crippen LogP contribution in [0.1, 0.15) is 23.1 Å². The van der Waals surface area contributed by atoms with Crippen molar-refractivity contribution < 1.29 is 0 Å². The van der Waals surface area contributed by atoms with Gasteiger partial charge in [0.15, 0.2) is 0 Å². The molecule has 8 rings (SSSR count). The van der Waals surface area contributed by atoms with E-state index in [1.165, 1.54) is 41.9 Å². The fourth-order valence-corrected chi connectivity index (χ4v) is 8.83. The van der Waals surface area contributed by atoms with Crippen LogP contribution in [-0.2, 0) is 0 Å². The maximum absolute atomic E-state index is 9.57. The van der Waals surface area contributed by atoms with E-state index < -0.39 is 0 Å². The summed E-state index contributed by atoms with van der Waals surface area (Å²) in [5, 5.41) is 21.9. The van der Waals surface area contributed by atoms with Crippen molar-refractivity contribution in [3.8, 4) is 23.3 Å². The number of nitriles is 2. The lowest BCUT2D eigenvalue weighted by atomic mass is 9.96. The predicted molar refractivity (Wildman–Crippen MR) is 180 cm³/mol. The van der Waals surface area contributed by atoms with Gasteiger partial charge in [-0.1, -0.05) is 78.9 Å². The number of rotatable bonds is 4. The monoisotopic (exact) mass is 585 g/mol. The van der Waals surface area contributed by atoms with Crippen LogP contribution in [0.4, 0.5) is 17.1 Å². The Morgan fingerprint density at radius 2 is 1.49 bits per heavy atom. The van der Waals surface area contributed by atoms with E-state index in [9.17, 15) is 10.5 Å². The van der Waals surface area contributed by atoms with Gasteiger partial charge in [-0.2, -0.15) is 10.5 Å². The van der Waals surface area contributed by atoms with Gasteiger partial charge in [0.25, 0.3) is 0 Å². The summed E-state index contributed by atoms with van der Waals surface area (Å²) in [7, 11) is 0. The van der Waals surface area contributed by atoms with Crippen molar-refractivity contribution >= 4 is 65.9 Å². The van der Waals surface area contributed by atoms with Gasteiger partial charge >= 0.3 is 0 Å². The third kappa shape index (κ3) is 4.17. The molecule has 1 atom stereocenters. The lowest BCUT2D eigenvalue weighted by Crippen LogP contribution is -2.11. The minimum atomic E-state index is 0.393. The highest BCUT2D eigenvalue weighted by Gasteiger charge is 2.32. The topological polar surface area (TPSA) is 50.8 Å². The molecule has 0 fully saturated rings. The SMILES string of the molecule is N#Cc1ccc(-c2ccc(N(c3cccc4c3SC3CC=CC=C43)c3cccc4c3sc3ccccc34)cc2)cc1C#N. The lowest BCUT2D eigenvalue weighted by molar-refractivity contribution is 1.09. The van der Waals surface area contributed by atoms with Gasteiger partial charge in [0, 0.05) is 31.3 Å². The van der Waals surface area contributed by atoms with E-state index in [1.54, 1.807) is 12.1 Å². The Balaban J connectivity index is 1.32. The first-order valence-electron chi connectivity index (χ1n) is 14.2. The van der Waals surface area contributed by atoms with Gasteiger partial charge in [0.1, 0.15) is 12.1 Å². The average Bonchev–Trinajstić information content (AvgIpc) is 3.64. The number of hydrogen-bond donors (Lipinski definition) is 0. The lowest BCUT2D eigenvalue weighted by Gasteiger charge is -2.28. The highest BCUT2D eigenvalue weighted by molar-refractivity contribution is 8.01. The zero-order chi connectivity index (χ0) is 28.9. The molecule has 202 valence electrons. The summed E-state index contributed by atoms with van der Waals surface area (Å²) in [6.07, 6.45) is 7.77. The molecule has 43 heavy (non-hydrogen) atoms. The van der Waals surface area contributed by atoms with Crippen molar-refractivity contribution in [1.82, 2.24) is 0 Å². The summed E-state index contributed by atoms with van der Waals surface area (Å²) in [5.74, 6) is 0. The second-order valence-electron chi connectivity index (χ2n) is 10.7. The molecule has 0 saturated heterocycles. The Morgan fingerprint density at radius 1 is 0.721 bits per heavy atom. The van der Waals surface area contributed by atoms with E-state index in [2.05, 4.69) is 120 Å². The molecule has 0 bridgehead atoms. The molecule has 3 nitrogen and oxygen atoms in total. The molecule has 2 aliphatic rings. The first-order valence-corrected chi connectivity index (χ1v) is 15.8. The van der Waals surface area contributed by atoms with E-state index in [-0.39, 0.29) is 0 Å². The number of allylic oxidation sites excluding steroid dienone is 3. The zero-order valence-corrected chi connectivity index (χ0v) is 24.6. The molecule has 0 amide bonds. The molecule has 0 N–H and O–H groups in total. The van der Waals surface area contributed by atoms with Crippen LogP contribution >= 0.6 is 23.1 Å². The minimum Gasteiger partial charge on any atom is -0.308 e. The Hall–Kier alpha value is -5.07. The molecule has 5 heteroatoms. The summed E-state index contributed by atoms with van der Waals surface area (Å²) in [5.41, 5.74) is 8.85. The van der Waals surface area contributed by atoms with Crippen molar-refractivity contribution in [1.29, 1.82) is 10.5 Å². The van der Waals surface area contributed by atoms with Crippen LogP contribution in [0.25, 0.3) is 36.9 Å². The maximum atomic E-state index is 9.57. The second-order valence-corrected chi connectivity index (χ2v) is 12.9. The summed E-state index contributed by atoms with van der Waals surface area (Å²) >= 11 is 3.81. The molecule has 6 aromatic rings. The number of anilines is 3. The molecule has 0 spiro atoms. The number of thioether (sulfide) groups is 1. The second kappa shape index (κ2) is 10.3. The largest absolute Gasteiger partial charge is 0.308 e. The van der Waals surface area contributed by atoms with Crippen LogP contribution in [0.5, 0.6) is 0 Å². The van der Waals surface area contributed by atoms with Gasteiger partial charge in [-0.15, -0.1) is 23.1 Å². The molecule has 1 unspecified atom stereocenters. The number of fused-ring (bicyclic) bond motifs is 6. The van der Waals surface area contributed by atoms with Crippen molar-refractivity contribution in [2.45, 2.75) is 16.6 Å². The summed E-state index contributed by atoms with van der Waals surface area (Å²) in [6, 6.07) is 40.2. The summed E-state index contributed by atoms with van der Waals surface area (Å²) < 4.78 is 2.54. The van der Waals surface area contributed by atoms with Crippen LogP contribution in [-0.4, -0.2) is 5.25 Å². The first kappa shape index (κ1) is 25.6. The van der Waals surface area contributed by atoms with Gasteiger partial charge in [0.2, 0.25) is 0 Å². The van der Waals surface area contributed by atoms with Gasteiger partial charge in [0.05, 0.1) is 27.2 Å². The smallest absolute Gasteiger partial charge is 0.101 e. The van der Waals surface area contributed by atoms with Crippen LogP contribution in [0, 0.1) is 22.7 Å². The van der Waals surface area contributed by atoms with E-state index in [1.807, 2.05) is 29.2 Å². The maximum Gasteiger partial charge on any atom is 0.101 e. The van der Waals surface area contributed by atoms with E-state index >= 15 is 0 Å². The van der Waals surface area contributed by atoms with Crippen LogP contribution in [0.15, 0.2) is 126 Å².